The number of rotatable bonds is 2. The van der Waals surface area contributed by atoms with E-state index in [1.807, 2.05) is 0 Å². The first-order chi connectivity index (χ1) is 9.11. The molecule has 2 unspecified atom stereocenters. The van der Waals surface area contributed by atoms with Gasteiger partial charge in [0.15, 0.2) is 0 Å². The Morgan fingerprint density at radius 1 is 1.32 bits per heavy atom. The van der Waals surface area contributed by atoms with E-state index in [4.69, 9.17) is 0 Å². The van der Waals surface area contributed by atoms with Crippen LogP contribution < -0.4 is 10.6 Å². The van der Waals surface area contributed by atoms with Gasteiger partial charge in [0.05, 0.1) is 0 Å². The Kier molecular flexibility index (Phi) is 3.27. The van der Waals surface area contributed by atoms with Gasteiger partial charge in [-0.05, 0) is 50.3 Å². The third-order valence-corrected chi connectivity index (χ3v) is 4.24. The van der Waals surface area contributed by atoms with Crippen molar-refractivity contribution >= 4 is 5.91 Å². The molecule has 3 rings (SSSR count). The van der Waals surface area contributed by atoms with Gasteiger partial charge in [-0.3, -0.25) is 4.79 Å². The number of halogens is 1. The maximum atomic E-state index is 13.5. The predicted octanol–water partition coefficient (Wildman–Crippen LogP) is 2.15. The van der Waals surface area contributed by atoms with E-state index in [1.54, 1.807) is 19.1 Å². The number of aryl methyl sites for hydroxylation is 1. The van der Waals surface area contributed by atoms with E-state index in [9.17, 15) is 9.18 Å². The van der Waals surface area contributed by atoms with Gasteiger partial charge >= 0.3 is 0 Å². The van der Waals surface area contributed by atoms with Gasteiger partial charge in [-0.15, -0.1) is 0 Å². The summed E-state index contributed by atoms with van der Waals surface area (Å²) < 4.78 is 13.5. The molecule has 1 amide bonds. The molecule has 0 saturated carbocycles. The van der Waals surface area contributed by atoms with E-state index in [0.717, 1.165) is 12.8 Å². The Bertz CT molecular complexity index is 491. The van der Waals surface area contributed by atoms with Gasteiger partial charge in [0.1, 0.15) is 5.82 Å². The smallest absolute Gasteiger partial charge is 0.251 e. The van der Waals surface area contributed by atoms with Gasteiger partial charge < -0.3 is 10.6 Å². The van der Waals surface area contributed by atoms with Crippen LogP contribution in [0.15, 0.2) is 18.2 Å². The number of hydrogen-bond donors (Lipinski definition) is 2. The number of amides is 1. The van der Waals surface area contributed by atoms with Crippen LogP contribution in [0.1, 0.15) is 41.6 Å². The minimum absolute atomic E-state index is 0.162. The quantitative estimate of drug-likeness (QED) is 0.857. The molecule has 0 aromatic heterocycles. The van der Waals surface area contributed by atoms with Gasteiger partial charge in [-0.1, -0.05) is 6.07 Å². The third kappa shape index (κ3) is 2.63. The van der Waals surface area contributed by atoms with Gasteiger partial charge in [-0.2, -0.15) is 0 Å². The molecular formula is C15H19FN2O. The fourth-order valence-electron chi connectivity index (χ4n) is 3.18. The lowest BCUT2D eigenvalue weighted by Gasteiger charge is -2.29. The standard InChI is InChI=1S/C15H19FN2O/c1-9-2-3-10(6-14(9)16)15(19)18-13-7-11-4-5-12(8-13)17-11/h2-3,6,11-13,17H,4-5,7-8H2,1H3,(H,18,19). The van der Waals surface area contributed by atoms with Crippen LogP contribution in [-0.2, 0) is 0 Å². The van der Waals surface area contributed by atoms with Crippen molar-refractivity contribution in [3.8, 4) is 0 Å². The van der Waals surface area contributed by atoms with Crippen LogP contribution >= 0.6 is 0 Å². The molecular weight excluding hydrogens is 243 g/mol. The molecule has 4 heteroatoms. The number of carbonyl (C=O) groups is 1. The summed E-state index contributed by atoms with van der Waals surface area (Å²) in [7, 11) is 0. The molecule has 0 radical (unpaired) electrons. The Morgan fingerprint density at radius 2 is 2.00 bits per heavy atom. The van der Waals surface area contributed by atoms with E-state index in [1.165, 1.54) is 18.9 Å². The van der Waals surface area contributed by atoms with Crippen molar-refractivity contribution in [2.45, 2.75) is 50.7 Å². The van der Waals surface area contributed by atoms with Crippen LogP contribution in [-0.4, -0.2) is 24.0 Å². The average molecular weight is 262 g/mol. The molecule has 2 saturated heterocycles. The van der Waals surface area contributed by atoms with Crippen molar-refractivity contribution in [2.24, 2.45) is 0 Å². The zero-order chi connectivity index (χ0) is 13.4. The van der Waals surface area contributed by atoms with E-state index in [2.05, 4.69) is 10.6 Å². The monoisotopic (exact) mass is 262 g/mol. The molecule has 2 aliphatic rings. The van der Waals surface area contributed by atoms with Crippen molar-refractivity contribution < 1.29 is 9.18 Å². The summed E-state index contributed by atoms with van der Waals surface area (Å²) >= 11 is 0. The summed E-state index contributed by atoms with van der Waals surface area (Å²) in [5.41, 5.74) is 0.977. The summed E-state index contributed by atoms with van der Waals surface area (Å²) in [6, 6.07) is 5.95. The first-order valence-electron chi connectivity index (χ1n) is 6.95. The van der Waals surface area contributed by atoms with Gasteiger partial charge in [0.25, 0.3) is 5.91 Å². The van der Waals surface area contributed by atoms with Crippen LogP contribution in [0.3, 0.4) is 0 Å². The number of nitrogens with one attached hydrogen (secondary N) is 2. The predicted molar refractivity (Wildman–Crippen MR) is 71.6 cm³/mol. The largest absolute Gasteiger partial charge is 0.349 e. The Balaban J connectivity index is 1.66. The Labute approximate surface area is 112 Å². The summed E-state index contributed by atoms with van der Waals surface area (Å²) in [5, 5.41) is 6.58. The lowest BCUT2D eigenvalue weighted by Crippen LogP contribution is -2.48. The third-order valence-electron chi connectivity index (χ3n) is 4.24. The lowest BCUT2D eigenvalue weighted by atomic mass is 9.99. The fourth-order valence-corrected chi connectivity index (χ4v) is 3.18. The zero-order valence-electron chi connectivity index (χ0n) is 11.1. The molecule has 19 heavy (non-hydrogen) atoms. The number of carbonyl (C=O) groups excluding carboxylic acids is 1. The topological polar surface area (TPSA) is 41.1 Å². The number of piperidine rings is 1. The summed E-state index contributed by atoms with van der Waals surface area (Å²) in [5.74, 6) is -0.483. The SMILES string of the molecule is Cc1ccc(C(=O)NC2CC3CCC(C2)N3)cc1F. The molecule has 3 nitrogen and oxygen atoms in total. The maximum Gasteiger partial charge on any atom is 0.251 e. The van der Waals surface area contributed by atoms with Crippen LogP contribution in [0.2, 0.25) is 0 Å². The second-order valence-corrected chi connectivity index (χ2v) is 5.74. The number of hydrogen-bond acceptors (Lipinski definition) is 2. The molecule has 2 atom stereocenters. The molecule has 0 spiro atoms. The highest BCUT2D eigenvalue weighted by Crippen LogP contribution is 2.26. The van der Waals surface area contributed by atoms with E-state index >= 15 is 0 Å². The van der Waals surface area contributed by atoms with Crippen molar-refractivity contribution in [1.82, 2.24) is 10.6 Å². The minimum atomic E-state index is -0.321. The first kappa shape index (κ1) is 12.6. The normalized spacial score (nSPS) is 29.3. The van der Waals surface area contributed by atoms with E-state index in [-0.39, 0.29) is 17.8 Å². The molecule has 2 N–H and O–H groups in total. The maximum absolute atomic E-state index is 13.5. The van der Waals surface area contributed by atoms with Crippen LogP contribution in [0.25, 0.3) is 0 Å². The molecule has 2 bridgehead atoms. The molecule has 1 aromatic carbocycles. The lowest BCUT2D eigenvalue weighted by molar-refractivity contribution is 0.0923. The second-order valence-electron chi connectivity index (χ2n) is 5.74. The van der Waals surface area contributed by atoms with E-state index in [0.29, 0.717) is 23.2 Å². The molecule has 2 aliphatic heterocycles. The van der Waals surface area contributed by atoms with Crippen molar-refractivity contribution in [3.63, 3.8) is 0 Å². The molecule has 1 aromatic rings. The highest BCUT2D eigenvalue weighted by molar-refractivity contribution is 5.94. The Hall–Kier alpha value is -1.42. The number of fused-ring (bicyclic) bond motifs is 2. The summed E-state index contributed by atoms with van der Waals surface area (Å²) in [4.78, 5) is 12.1. The molecule has 2 heterocycles. The molecule has 2 fully saturated rings. The number of benzene rings is 1. The Morgan fingerprint density at radius 3 is 2.63 bits per heavy atom. The minimum Gasteiger partial charge on any atom is -0.349 e. The van der Waals surface area contributed by atoms with Crippen molar-refractivity contribution in [3.05, 3.63) is 35.1 Å². The molecule has 102 valence electrons. The van der Waals surface area contributed by atoms with Gasteiger partial charge in [-0.25, -0.2) is 4.39 Å². The molecule has 0 aliphatic carbocycles. The van der Waals surface area contributed by atoms with Crippen LogP contribution in [0.4, 0.5) is 4.39 Å². The first-order valence-corrected chi connectivity index (χ1v) is 6.95. The highest BCUT2D eigenvalue weighted by atomic mass is 19.1. The summed E-state index contributed by atoms with van der Waals surface area (Å²) in [6.45, 7) is 1.70. The average Bonchev–Trinajstić information content (AvgIpc) is 2.72. The van der Waals surface area contributed by atoms with Crippen molar-refractivity contribution in [1.29, 1.82) is 0 Å². The van der Waals surface area contributed by atoms with Gasteiger partial charge in [0.2, 0.25) is 0 Å². The second kappa shape index (κ2) is 4.93. The van der Waals surface area contributed by atoms with Crippen LogP contribution in [0, 0.1) is 12.7 Å². The zero-order valence-corrected chi connectivity index (χ0v) is 11.1. The summed E-state index contributed by atoms with van der Waals surface area (Å²) in [6.07, 6.45) is 4.37. The van der Waals surface area contributed by atoms with Crippen molar-refractivity contribution in [2.75, 3.05) is 0 Å². The fraction of sp³-hybridized carbons (Fsp3) is 0.533. The van der Waals surface area contributed by atoms with Crippen LogP contribution in [0.5, 0.6) is 0 Å². The van der Waals surface area contributed by atoms with Gasteiger partial charge in [0, 0.05) is 23.7 Å². The highest BCUT2D eigenvalue weighted by Gasteiger charge is 2.34. The van der Waals surface area contributed by atoms with E-state index < -0.39 is 0 Å².